The van der Waals surface area contributed by atoms with E-state index in [9.17, 15) is 0 Å². The van der Waals surface area contributed by atoms with E-state index in [2.05, 4.69) is 30.0 Å². The lowest BCUT2D eigenvalue weighted by Gasteiger charge is -2.37. The summed E-state index contributed by atoms with van der Waals surface area (Å²) in [5.74, 6) is 2.41. The molecule has 5 heteroatoms. The first kappa shape index (κ1) is 14.4. The van der Waals surface area contributed by atoms with Gasteiger partial charge in [-0.1, -0.05) is 6.92 Å². The topological polar surface area (TPSA) is 39.1 Å². The van der Waals surface area contributed by atoms with E-state index in [0.29, 0.717) is 6.04 Å². The molecule has 2 unspecified atom stereocenters. The Kier molecular flexibility index (Phi) is 4.38. The molecule has 1 N–H and O–H groups in total. The monoisotopic (exact) mass is 295 g/mol. The number of aromatic nitrogens is 2. The van der Waals surface area contributed by atoms with Gasteiger partial charge in [0.2, 0.25) is 0 Å². The van der Waals surface area contributed by atoms with Crippen molar-refractivity contribution in [3.63, 3.8) is 0 Å². The molecule has 0 radical (unpaired) electrons. The van der Waals surface area contributed by atoms with Crippen molar-refractivity contribution in [1.29, 1.82) is 0 Å². The fourth-order valence-electron chi connectivity index (χ4n) is 3.23. The fraction of sp³-hybridized carbons (Fsp3) is 0.800. The van der Waals surface area contributed by atoms with Crippen molar-refractivity contribution in [2.45, 2.75) is 51.3 Å². The molecule has 4 nitrogen and oxygen atoms in total. The maximum absolute atomic E-state index is 6.11. The van der Waals surface area contributed by atoms with Crippen LogP contribution in [0.4, 0.5) is 0 Å². The number of ether oxygens (including phenoxy) is 1. The fourth-order valence-corrected chi connectivity index (χ4v) is 4.61. The van der Waals surface area contributed by atoms with Crippen LogP contribution in [0.5, 0.6) is 0 Å². The van der Waals surface area contributed by atoms with Gasteiger partial charge in [-0.3, -0.25) is 4.68 Å². The van der Waals surface area contributed by atoms with Gasteiger partial charge in [0.05, 0.1) is 17.3 Å². The first-order valence-electron chi connectivity index (χ1n) is 7.69. The van der Waals surface area contributed by atoms with Crippen molar-refractivity contribution < 1.29 is 4.74 Å². The van der Waals surface area contributed by atoms with Crippen LogP contribution in [-0.4, -0.2) is 40.0 Å². The maximum Gasteiger partial charge on any atom is 0.0800 e. The Morgan fingerprint density at radius 2 is 2.50 bits per heavy atom. The van der Waals surface area contributed by atoms with Gasteiger partial charge in [-0.15, -0.1) is 0 Å². The Morgan fingerprint density at radius 1 is 1.60 bits per heavy atom. The Morgan fingerprint density at radius 3 is 3.25 bits per heavy atom. The molecule has 2 atom stereocenters. The third kappa shape index (κ3) is 2.90. The molecule has 1 spiro atoms. The lowest BCUT2D eigenvalue weighted by molar-refractivity contribution is -0.0778. The predicted octanol–water partition coefficient (Wildman–Crippen LogP) is 2.53. The highest BCUT2D eigenvalue weighted by Gasteiger charge is 2.41. The molecule has 2 saturated heterocycles. The summed E-state index contributed by atoms with van der Waals surface area (Å²) in [5.41, 5.74) is 2.62. The van der Waals surface area contributed by atoms with E-state index in [1.165, 1.54) is 17.7 Å². The summed E-state index contributed by atoms with van der Waals surface area (Å²) in [6, 6.07) is 0.511. The summed E-state index contributed by atoms with van der Waals surface area (Å²) in [7, 11) is 0. The van der Waals surface area contributed by atoms with Gasteiger partial charge in [-0.25, -0.2) is 0 Å². The van der Waals surface area contributed by atoms with Crippen LogP contribution in [0.1, 0.15) is 43.5 Å². The molecule has 2 fully saturated rings. The van der Waals surface area contributed by atoms with E-state index in [-0.39, 0.29) is 5.60 Å². The molecule has 20 heavy (non-hydrogen) atoms. The zero-order valence-corrected chi connectivity index (χ0v) is 13.3. The molecular formula is C15H25N3OS. The number of rotatable bonds is 4. The minimum Gasteiger partial charge on any atom is -0.374 e. The Hall–Kier alpha value is -0.520. The summed E-state index contributed by atoms with van der Waals surface area (Å²) in [6.07, 6.45) is 5.67. The molecule has 1 aromatic rings. The van der Waals surface area contributed by atoms with E-state index < -0.39 is 0 Å². The number of thioether (sulfide) groups is 1. The summed E-state index contributed by atoms with van der Waals surface area (Å²) in [5, 5.41) is 8.14. The SMILES string of the molecule is CCNCc1cn(C2CCOC3(CCSC3)C2)nc1C. The third-order valence-corrected chi connectivity index (χ3v) is 5.71. The second-order valence-electron chi connectivity index (χ2n) is 5.98. The Balaban J connectivity index is 1.72. The van der Waals surface area contributed by atoms with Crippen LogP contribution in [-0.2, 0) is 11.3 Å². The van der Waals surface area contributed by atoms with Crippen molar-refractivity contribution >= 4 is 11.8 Å². The molecule has 0 amide bonds. The molecule has 112 valence electrons. The van der Waals surface area contributed by atoms with Crippen molar-refractivity contribution in [3.05, 3.63) is 17.5 Å². The predicted molar refractivity (Wildman–Crippen MR) is 83.2 cm³/mol. The van der Waals surface area contributed by atoms with Gasteiger partial charge in [-0.2, -0.15) is 16.9 Å². The highest BCUT2D eigenvalue weighted by molar-refractivity contribution is 7.99. The number of nitrogens with one attached hydrogen (secondary N) is 1. The molecule has 0 aromatic carbocycles. The van der Waals surface area contributed by atoms with Gasteiger partial charge in [0.25, 0.3) is 0 Å². The van der Waals surface area contributed by atoms with Crippen molar-refractivity contribution in [1.82, 2.24) is 15.1 Å². The zero-order chi connectivity index (χ0) is 14.0. The second kappa shape index (κ2) is 6.08. The normalized spacial score (nSPS) is 30.2. The standard InChI is InChI=1S/C15H25N3OS/c1-3-16-9-13-10-18(17-12(13)2)14-4-6-19-15(8-14)5-7-20-11-15/h10,14,16H,3-9,11H2,1-2H3. The van der Waals surface area contributed by atoms with E-state index in [0.717, 1.165) is 44.0 Å². The third-order valence-electron chi connectivity index (χ3n) is 4.49. The van der Waals surface area contributed by atoms with E-state index >= 15 is 0 Å². The number of hydrogen-bond acceptors (Lipinski definition) is 4. The smallest absolute Gasteiger partial charge is 0.0800 e. The van der Waals surface area contributed by atoms with Gasteiger partial charge < -0.3 is 10.1 Å². The van der Waals surface area contributed by atoms with E-state index in [1.807, 2.05) is 11.8 Å². The second-order valence-corrected chi connectivity index (χ2v) is 7.09. The summed E-state index contributed by atoms with van der Waals surface area (Å²) >= 11 is 2.03. The zero-order valence-electron chi connectivity index (χ0n) is 12.5. The van der Waals surface area contributed by atoms with E-state index in [4.69, 9.17) is 9.84 Å². The largest absolute Gasteiger partial charge is 0.374 e. The Labute approximate surface area is 125 Å². The van der Waals surface area contributed by atoms with Crippen LogP contribution < -0.4 is 5.32 Å². The highest BCUT2D eigenvalue weighted by atomic mass is 32.2. The molecule has 0 bridgehead atoms. The first-order valence-corrected chi connectivity index (χ1v) is 8.85. The van der Waals surface area contributed by atoms with Crippen LogP contribution in [0.3, 0.4) is 0 Å². The average molecular weight is 295 g/mol. The van der Waals surface area contributed by atoms with Crippen LogP contribution in [0.15, 0.2) is 6.20 Å². The molecule has 3 heterocycles. The van der Waals surface area contributed by atoms with E-state index in [1.54, 1.807) is 0 Å². The number of nitrogens with zero attached hydrogens (tertiary/aromatic N) is 2. The van der Waals surface area contributed by atoms with Gasteiger partial charge in [0.15, 0.2) is 0 Å². The molecule has 0 saturated carbocycles. The minimum atomic E-state index is 0.134. The molecule has 1 aromatic heterocycles. The van der Waals surface area contributed by atoms with Crippen molar-refractivity contribution in [3.8, 4) is 0 Å². The van der Waals surface area contributed by atoms with Gasteiger partial charge >= 0.3 is 0 Å². The lowest BCUT2D eigenvalue weighted by Crippen LogP contribution is -2.40. The van der Waals surface area contributed by atoms with Crippen LogP contribution >= 0.6 is 11.8 Å². The molecular weight excluding hydrogens is 270 g/mol. The van der Waals surface area contributed by atoms with Gasteiger partial charge in [-0.05, 0) is 38.5 Å². The molecule has 2 aliphatic heterocycles. The molecule has 2 aliphatic rings. The maximum atomic E-state index is 6.11. The molecule has 3 rings (SSSR count). The average Bonchev–Trinajstić information content (AvgIpc) is 3.04. The van der Waals surface area contributed by atoms with Crippen LogP contribution in [0.2, 0.25) is 0 Å². The Bertz CT molecular complexity index is 454. The summed E-state index contributed by atoms with van der Waals surface area (Å²) in [4.78, 5) is 0. The van der Waals surface area contributed by atoms with Gasteiger partial charge in [0.1, 0.15) is 0 Å². The minimum absolute atomic E-state index is 0.134. The van der Waals surface area contributed by atoms with Gasteiger partial charge in [0, 0.05) is 30.7 Å². The number of aryl methyl sites for hydroxylation is 1. The summed E-state index contributed by atoms with van der Waals surface area (Å²) in [6.45, 7) is 7.06. The lowest BCUT2D eigenvalue weighted by atomic mass is 9.90. The van der Waals surface area contributed by atoms with Crippen LogP contribution in [0, 0.1) is 6.92 Å². The van der Waals surface area contributed by atoms with Crippen molar-refractivity contribution in [2.24, 2.45) is 0 Å². The van der Waals surface area contributed by atoms with Crippen LogP contribution in [0.25, 0.3) is 0 Å². The van der Waals surface area contributed by atoms with Crippen molar-refractivity contribution in [2.75, 3.05) is 24.7 Å². The quantitative estimate of drug-likeness (QED) is 0.926. The number of hydrogen-bond donors (Lipinski definition) is 1. The molecule has 0 aliphatic carbocycles. The first-order chi connectivity index (χ1) is 9.72. The highest BCUT2D eigenvalue weighted by Crippen LogP contribution is 2.41. The summed E-state index contributed by atoms with van der Waals surface area (Å²) < 4.78 is 8.31.